The normalized spacial score (nSPS) is 11.3. The van der Waals surface area contributed by atoms with Gasteiger partial charge >= 0.3 is 19.7 Å². The topological polar surface area (TPSA) is 49.7 Å². The van der Waals surface area contributed by atoms with Crippen molar-refractivity contribution in [3.8, 4) is 5.75 Å². The molecule has 4 aromatic rings. The van der Waals surface area contributed by atoms with Crippen LogP contribution in [0.5, 0.6) is 5.75 Å². The number of rotatable bonds is 8. The minimum Gasteiger partial charge on any atom is -0.512 e. The summed E-state index contributed by atoms with van der Waals surface area (Å²) in [5, 5.41) is 20.9. The largest absolute Gasteiger partial charge is 0.707 e. The van der Waals surface area contributed by atoms with Gasteiger partial charge in [0.05, 0.1) is 11.1 Å². The van der Waals surface area contributed by atoms with Crippen LogP contribution in [0.15, 0.2) is 109 Å². The molecule has 0 heterocycles. The van der Waals surface area contributed by atoms with Crippen molar-refractivity contribution in [1.82, 2.24) is 0 Å². The zero-order chi connectivity index (χ0) is 32.8. The molecule has 0 bridgehead atoms. The van der Waals surface area contributed by atoms with Crippen LogP contribution in [-0.2, 0) is 12.4 Å². The maximum absolute atomic E-state index is 12.3. The fourth-order valence-electron chi connectivity index (χ4n) is 4.16. The van der Waals surface area contributed by atoms with Gasteiger partial charge in [-0.2, -0.15) is 26.3 Å². The van der Waals surface area contributed by atoms with Crippen LogP contribution in [0.2, 0.25) is 18.1 Å². The maximum atomic E-state index is 12.3. The molecule has 0 aliphatic rings. The molecular weight excluding hydrogens is 616 g/mol. The molecule has 0 atom stereocenters. The molecule has 0 aliphatic heterocycles. The minimum absolute atomic E-state index is 0.101. The van der Waals surface area contributed by atoms with E-state index < -0.39 is 44.5 Å². The summed E-state index contributed by atoms with van der Waals surface area (Å²) < 4.78 is 78.0. The summed E-state index contributed by atoms with van der Waals surface area (Å²) in [7, 11) is -3.14. The van der Waals surface area contributed by atoms with Gasteiger partial charge in [0.25, 0.3) is 0 Å². The lowest BCUT2D eigenvalue weighted by Crippen LogP contribution is -2.21. The van der Waals surface area contributed by atoms with E-state index in [0.717, 1.165) is 0 Å². The van der Waals surface area contributed by atoms with Crippen LogP contribution in [0.4, 0.5) is 26.3 Å². The molecule has 4 aromatic carbocycles. The first kappa shape index (κ1) is 37.1. The summed E-state index contributed by atoms with van der Waals surface area (Å²) in [4.78, 5) is 0. The third kappa shape index (κ3) is 12.5. The van der Waals surface area contributed by atoms with Gasteiger partial charge in [-0.25, -0.2) is 0 Å². The second-order valence-electron chi connectivity index (χ2n) is 9.62. The minimum atomic E-state index is -5.01. The van der Waals surface area contributed by atoms with Gasteiger partial charge < -0.3 is 14.7 Å². The quantitative estimate of drug-likeness (QED) is 0.116. The fourth-order valence-corrected chi connectivity index (χ4v) is 8.20. The van der Waals surface area contributed by atoms with Crippen LogP contribution in [0.25, 0.3) is 0 Å². The second-order valence-corrected chi connectivity index (χ2v) is 16.0. The fraction of sp³-hybridized carbons (Fsp3) is 0.250. The summed E-state index contributed by atoms with van der Waals surface area (Å²) >= 11 is 0. The van der Waals surface area contributed by atoms with Crippen molar-refractivity contribution >= 4 is 40.0 Å². The van der Waals surface area contributed by atoms with Crippen LogP contribution in [0.3, 0.4) is 0 Å². The van der Waals surface area contributed by atoms with Crippen LogP contribution < -0.4 is 20.6 Å². The van der Waals surface area contributed by atoms with Gasteiger partial charge in [-0.05, 0) is 42.0 Å². The van der Waals surface area contributed by atoms with E-state index in [-0.39, 0.29) is 27.0 Å². The van der Waals surface area contributed by atoms with Crippen molar-refractivity contribution in [1.29, 1.82) is 0 Å². The Morgan fingerprint density at radius 1 is 0.591 bits per heavy atom. The summed E-state index contributed by atoms with van der Waals surface area (Å²) in [6, 6.07) is 37.2. The Morgan fingerprint density at radius 3 is 1.14 bits per heavy atom. The van der Waals surface area contributed by atoms with Gasteiger partial charge in [-0.15, -0.1) is 0 Å². The van der Waals surface area contributed by atoms with Crippen molar-refractivity contribution in [2.45, 2.75) is 51.3 Å². The molecule has 0 saturated carbocycles. The Bertz CT molecular complexity index is 1230. The third-order valence-electron chi connectivity index (χ3n) is 6.58. The standard InChI is InChI=1S/C18H15P.C8H5BF6O3.C6H16Si/c1-4-10-16(11-5-1)19(17-12-6-2-7-13-17)18-14-8-3-9-15-18;10-7(11,12)4-1-5(8(13,14)15)3-6(2-4)18-9(16)17;1-4-7(5-2)6-3/h1-15H;1-3,16-17H;7H,4-6H2,1-3H3. The van der Waals surface area contributed by atoms with Crippen LogP contribution >= 0.6 is 7.92 Å². The Hall–Kier alpha value is -3.11. The molecule has 0 fully saturated rings. The second kappa shape index (κ2) is 18.0. The monoisotopic (exact) mass is 652 g/mol. The van der Waals surface area contributed by atoms with Crippen molar-refractivity contribution in [2.75, 3.05) is 0 Å². The molecule has 4 rings (SSSR count). The van der Waals surface area contributed by atoms with Gasteiger partial charge in [0.15, 0.2) is 0 Å². The average molecular weight is 652 g/mol. The number of halogens is 6. The smallest absolute Gasteiger partial charge is 0.512 e. The zero-order valence-corrected chi connectivity index (χ0v) is 26.7. The van der Waals surface area contributed by atoms with E-state index in [2.05, 4.69) is 116 Å². The highest BCUT2D eigenvalue weighted by Gasteiger charge is 2.37. The molecule has 44 heavy (non-hydrogen) atoms. The molecule has 12 heteroatoms. The van der Waals surface area contributed by atoms with Gasteiger partial charge in [0, 0.05) is 8.80 Å². The van der Waals surface area contributed by atoms with Gasteiger partial charge in [0.2, 0.25) is 0 Å². The molecule has 0 aromatic heterocycles. The highest BCUT2D eigenvalue weighted by Crippen LogP contribution is 2.38. The Balaban J connectivity index is 0.000000254. The predicted molar refractivity (Wildman–Crippen MR) is 171 cm³/mol. The van der Waals surface area contributed by atoms with E-state index in [4.69, 9.17) is 10.0 Å². The lowest BCUT2D eigenvalue weighted by molar-refractivity contribution is -0.143. The summed E-state index contributed by atoms with van der Waals surface area (Å²) in [5.41, 5.74) is -3.21. The molecule has 0 amide bonds. The van der Waals surface area contributed by atoms with E-state index in [1.54, 1.807) is 0 Å². The van der Waals surface area contributed by atoms with E-state index in [9.17, 15) is 26.3 Å². The first-order valence-corrected chi connectivity index (χ1v) is 17.9. The van der Waals surface area contributed by atoms with Crippen molar-refractivity contribution in [3.63, 3.8) is 0 Å². The molecular formula is C32H36BF6O3PSi. The molecule has 0 radical (unpaired) electrons. The molecule has 2 N–H and O–H groups in total. The average Bonchev–Trinajstić information content (AvgIpc) is 2.99. The highest BCUT2D eigenvalue weighted by atomic mass is 31.1. The van der Waals surface area contributed by atoms with Crippen LogP contribution in [-0.4, -0.2) is 26.2 Å². The Morgan fingerprint density at radius 2 is 0.909 bits per heavy atom. The first-order chi connectivity index (χ1) is 20.8. The van der Waals surface area contributed by atoms with Gasteiger partial charge in [-0.3, -0.25) is 0 Å². The Kier molecular flexibility index (Phi) is 15.2. The zero-order valence-electron chi connectivity index (χ0n) is 24.7. The van der Waals surface area contributed by atoms with Gasteiger partial charge in [0.1, 0.15) is 5.75 Å². The molecule has 0 spiro atoms. The lowest BCUT2D eigenvalue weighted by atomic mass is 10.1. The van der Waals surface area contributed by atoms with E-state index in [1.807, 2.05) is 0 Å². The van der Waals surface area contributed by atoms with E-state index in [0.29, 0.717) is 0 Å². The van der Waals surface area contributed by atoms with E-state index >= 15 is 0 Å². The molecule has 0 saturated heterocycles. The Labute approximate surface area is 258 Å². The van der Waals surface area contributed by atoms with Crippen LogP contribution in [0, 0.1) is 0 Å². The molecule has 3 nitrogen and oxygen atoms in total. The molecule has 0 unspecified atom stereocenters. The van der Waals surface area contributed by atoms with Crippen molar-refractivity contribution in [2.24, 2.45) is 0 Å². The van der Waals surface area contributed by atoms with E-state index in [1.165, 1.54) is 34.0 Å². The number of benzene rings is 4. The molecule has 0 aliphatic carbocycles. The number of alkyl halides is 6. The van der Waals surface area contributed by atoms with Crippen molar-refractivity contribution < 1.29 is 41.0 Å². The third-order valence-corrected chi connectivity index (χ3v) is 12.5. The maximum Gasteiger partial charge on any atom is 0.707 e. The number of hydrogen-bond donors (Lipinski definition) is 2. The molecule has 236 valence electrons. The SMILES string of the molecule is CC[SiH](CC)CC.OB(O)Oc1cc(C(F)(F)F)cc(C(F)(F)F)c1.c1ccc(P(c2ccccc2)c2ccccc2)cc1. The number of hydrogen-bond acceptors (Lipinski definition) is 3. The summed E-state index contributed by atoms with van der Waals surface area (Å²) in [5.74, 6) is -0.952. The predicted octanol–water partition coefficient (Wildman–Crippen LogP) is 7.79. The summed E-state index contributed by atoms with van der Waals surface area (Å²) in [6.07, 6.45) is -10.0. The van der Waals surface area contributed by atoms with Gasteiger partial charge in [-0.1, -0.05) is 130 Å². The lowest BCUT2D eigenvalue weighted by Gasteiger charge is -2.18. The van der Waals surface area contributed by atoms with Crippen LogP contribution in [0.1, 0.15) is 31.9 Å². The highest BCUT2D eigenvalue weighted by molar-refractivity contribution is 7.79. The summed E-state index contributed by atoms with van der Waals surface area (Å²) in [6.45, 7) is 6.97. The van der Waals surface area contributed by atoms with Crippen molar-refractivity contribution in [3.05, 3.63) is 120 Å². The first-order valence-electron chi connectivity index (χ1n) is 14.1.